The maximum absolute atomic E-state index is 10.2. The first-order chi connectivity index (χ1) is 11.8. The summed E-state index contributed by atoms with van der Waals surface area (Å²) in [7, 11) is 0. The molecule has 4 atom stereocenters. The number of hydrogen-bond donors (Lipinski definition) is 5. The molecule has 2 aromatic heterocycles. The van der Waals surface area contributed by atoms with Crippen LogP contribution in [0.25, 0.3) is 11.2 Å². The SMILES string of the molecule is CC(C)(O)CCNc1ncnc2c1ncn2[C@@H]1O[C@H](CO)[C@@H](O)[C@H]1O. The Bertz CT molecular complexity index is 731. The van der Waals surface area contributed by atoms with Crippen molar-refractivity contribution in [3.63, 3.8) is 0 Å². The molecule has 1 aliphatic heterocycles. The summed E-state index contributed by atoms with van der Waals surface area (Å²) in [5, 5.41) is 42.2. The third-order valence-electron chi connectivity index (χ3n) is 4.18. The summed E-state index contributed by atoms with van der Waals surface area (Å²) < 4.78 is 7.01. The smallest absolute Gasteiger partial charge is 0.167 e. The summed E-state index contributed by atoms with van der Waals surface area (Å²) >= 11 is 0. The van der Waals surface area contributed by atoms with Gasteiger partial charge in [0, 0.05) is 6.54 Å². The second-order valence-electron chi connectivity index (χ2n) is 6.76. The van der Waals surface area contributed by atoms with Gasteiger partial charge in [0.15, 0.2) is 23.2 Å². The number of aromatic nitrogens is 4. The molecule has 5 N–H and O–H groups in total. The van der Waals surface area contributed by atoms with Crippen LogP contribution in [0.1, 0.15) is 26.5 Å². The molecule has 1 saturated heterocycles. The van der Waals surface area contributed by atoms with Gasteiger partial charge in [-0.1, -0.05) is 0 Å². The topological polar surface area (TPSA) is 146 Å². The van der Waals surface area contributed by atoms with Crippen molar-refractivity contribution in [1.82, 2.24) is 19.5 Å². The molecule has 0 amide bonds. The van der Waals surface area contributed by atoms with Crippen LogP contribution in [0.15, 0.2) is 12.7 Å². The summed E-state index contributed by atoms with van der Waals surface area (Å²) in [6, 6.07) is 0. The molecule has 25 heavy (non-hydrogen) atoms. The molecular weight excluding hydrogens is 330 g/mol. The summed E-state index contributed by atoms with van der Waals surface area (Å²) in [5.41, 5.74) is 0.113. The molecule has 3 heterocycles. The highest BCUT2D eigenvalue weighted by atomic mass is 16.6. The molecule has 0 unspecified atom stereocenters. The molecule has 3 rings (SSSR count). The standard InChI is InChI=1S/C15H23N5O5/c1-15(2,24)3-4-16-12-9-13(18-6-17-12)20(7-19-9)14-11(23)10(22)8(5-21)25-14/h6-8,10-11,14,21-24H,3-5H2,1-2H3,(H,16,17,18)/t8-,10-,11-,14-/m1/s1. The van der Waals surface area contributed by atoms with Crippen LogP contribution < -0.4 is 5.32 Å². The van der Waals surface area contributed by atoms with E-state index in [2.05, 4.69) is 20.3 Å². The highest BCUT2D eigenvalue weighted by molar-refractivity contribution is 5.82. The van der Waals surface area contributed by atoms with E-state index in [9.17, 15) is 20.4 Å². The minimum absolute atomic E-state index is 0.403. The molecule has 0 aliphatic carbocycles. The Labute approximate surface area is 144 Å². The fourth-order valence-electron chi connectivity index (χ4n) is 2.76. The predicted molar refractivity (Wildman–Crippen MR) is 87.7 cm³/mol. The highest BCUT2D eigenvalue weighted by Crippen LogP contribution is 2.32. The first-order valence-electron chi connectivity index (χ1n) is 8.08. The Balaban J connectivity index is 1.84. The zero-order valence-corrected chi connectivity index (χ0v) is 14.1. The Kier molecular flexibility index (Phi) is 4.89. The summed E-state index contributed by atoms with van der Waals surface area (Å²) in [5.74, 6) is 0.500. The van der Waals surface area contributed by atoms with E-state index in [0.717, 1.165) is 0 Å². The van der Waals surface area contributed by atoms with E-state index in [1.54, 1.807) is 13.8 Å². The van der Waals surface area contributed by atoms with Gasteiger partial charge < -0.3 is 30.5 Å². The first kappa shape index (κ1) is 18.0. The number of imidazole rings is 1. The van der Waals surface area contributed by atoms with Gasteiger partial charge in [-0.15, -0.1) is 0 Å². The van der Waals surface area contributed by atoms with Gasteiger partial charge >= 0.3 is 0 Å². The van der Waals surface area contributed by atoms with Gasteiger partial charge in [-0.3, -0.25) is 4.57 Å². The number of anilines is 1. The van der Waals surface area contributed by atoms with Crippen LogP contribution in [0.3, 0.4) is 0 Å². The van der Waals surface area contributed by atoms with Crippen molar-refractivity contribution in [3.8, 4) is 0 Å². The van der Waals surface area contributed by atoms with Crippen LogP contribution in [0.5, 0.6) is 0 Å². The van der Waals surface area contributed by atoms with Crippen molar-refractivity contribution < 1.29 is 25.2 Å². The third-order valence-corrected chi connectivity index (χ3v) is 4.18. The zero-order valence-electron chi connectivity index (χ0n) is 14.1. The Hall–Kier alpha value is -1.85. The number of aliphatic hydroxyl groups is 4. The molecule has 2 aromatic rings. The second-order valence-corrected chi connectivity index (χ2v) is 6.76. The predicted octanol–water partition coefficient (Wildman–Crippen LogP) is -0.989. The lowest BCUT2D eigenvalue weighted by molar-refractivity contribution is -0.0511. The average molecular weight is 353 g/mol. The van der Waals surface area contributed by atoms with Gasteiger partial charge in [-0.05, 0) is 20.3 Å². The Morgan fingerprint density at radius 3 is 2.64 bits per heavy atom. The van der Waals surface area contributed by atoms with Crippen LogP contribution in [-0.4, -0.2) is 77.0 Å². The van der Waals surface area contributed by atoms with Crippen molar-refractivity contribution in [2.45, 2.75) is 50.4 Å². The Morgan fingerprint density at radius 1 is 1.24 bits per heavy atom. The van der Waals surface area contributed by atoms with Gasteiger partial charge in [0.1, 0.15) is 24.6 Å². The average Bonchev–Trinajstić information content (AvgIpc) is 3.09. The summed E-state index contributed by atoms with van der Waals surface area (Å²) in [6.07, 6.45) is -0.863. The van der Waals surface area contributed by atoms with Crippen LogP contribution in [0, 0.1) is 0 Å². The number of nitrogens with zero attached hydrogens (tertiary/aromatic N) is 4. The Morgan fingerprint density at radius 2 is 2.00 bits per heavy atom. The number of ether oxygens (including phenoxy) is 1. The number of rotatable bonds is 6. The number of nitrogens with one attached hydrogen (secondary N) is 1. The second kappa shape index (κ2) is 6.81. The molecule has 0 saturated carbocycles. The fourth-order valence-corrected chi connectivity index (χ4v) is 2.76. The minimum atomic E-state index is -1.21. The van der Waals surface area contributed by atoms with Crippen molar-refractivity contribution >= 4 is 17.0 Å². The van der Waals surface area contributed by atoms with Gasteiger partial charge in [-0.2, -0.15) is 0 Å². The normalized spacial score (nSPS) is 27.1. The van der Waals surface area contributed by atoms with E-state index in [-0.39, 0.29) is 0 Å². The summed E-state index contributed by atoms with van der Waals surface area (Å²) in [6.45, 7) is 3.54. The van der Waals surface area contributed by atoms with Gasteiger partial charge in [0.25, 0.3) is 0 Å². The van der Waals surface area contributed by atoms with Crippen LogP contribution in [-0.2, 0) is 4.74 Å². The number of fused-ring (bicyclic) bond motifs is 1. The monoisotopic (exact) mass is 353 g/mol. The van der Waals surface area contributed by atoms with Crippen LogP contribution >= 0.6 is 0 Å². The van der Waals surface area contributed by atoms with Crippen LogP contribution in [0.4, 0.5) is 5.82 Å². The molecule has 0 spiro atoms. The van der Waals surface area contributed by atoms with E-state index < -0.39 is 36.7 Å². The summed E-state index contributed by atoms with van der Waals surface area (Å²) in [4.78, 5) is 12.6. The maximum Gasteiger partial charge on any atom is 0.167 e. The molecule has 0 bridgehead atoms. The third kappa shape index (κ3) is 3.58. The first-order valence-corrected chi connectivity index (χ1v) is 8.08. The van der Waals surface area contributed by atoms with Crippen LogP contribution in [0.2, 0.25) is 0 Å². The molecule has 0 aromatic carbocycles. The van der Waals surface area contributed by atoms with Crippen molar-refractivity contribution in [2.24, 2.45) is 0 Å². The van der Waals surface area contributed by atoms with Gasteiger partial charge in [0.05, 0.1) is 18.5 Å². The number of hydrogen-bond acceptors (Lipinski definition) is 9. The lowest BCUT2D eigenvalue weighted by Gasteiger charge is -2.17. The molecule has 10 nitrogen and oxygen atoms in total. The van der Waals surface area contributed by atoms with E-state index in [1.807, 2.05) is 0 Å². The van der Waals surface area contributed by atoms with E-state index >= 15 is 0 Å². The maximum atomic E-state index is 10.2. The molecule has 138 valence electrons. The highest BCUT2D eigenvalue weighted by Gasteiger charge is 2.44. The van der Waals surface area contributed by atoms with Crippen molar-refractivity contribution in [1.29, 1.82) is 0 Å². The van der Waals surface area contributed by atoms with Crippen molar-refractivity contribution in [2.75, 3.05) is 18.5 Å². The van der Waals surface area contributed by atoms with E-state index in [1.165, 1.54) is 17.2 Å². The minimum Gasteiger partial charge on any atom is -0.394 e. The van der Waals surface area contributed by atoms with E-state index in [0.29, 0.717) is 29.9 Å². The lowest BCUT2D eigenvalue weighted by Crippen LogP contribution is -2.33. The quantitative estimate of drug-likeness (QED) is 0.442. The molecule has 1 aliphatic rings. The zero-order chi connectivity index (χ0) is 18.2. The molecular formula is C15H23N5O5. The van der Waals surface area contributed by atoms with Gasteiger partial charge in [0.2, 0.25) is 0 Å². The van der Waals surface area contributed by atoms with Crippen molar-refractivity contribution in [3.05, 3.63) is 12.7 Å². The molecule has 1 fully saturated rings. The lowest BCUT2D eigenvalue weighted by atomic mass is 10.1. The largest absolute Gasteiger partial charge is 0.394 e. The van der Waals surface area contributed by atoms with Gasteiger partial charge in [-0.25, -0.2) is 15.0 Å². The number of aliphatic hydroxyl groups excluding tert-OH is 3. The molecule has 10 heteroatoms. The fraction of sp³-hybridized carbons (Fsp3) is 0.667. The van der Waals surface area contributed by atoms with E-state index in [4.69, 9.17) is 4.74 Å². The molecule has 0 radical (unpaired) electrons.